The molecule has 3 nitrogen and oxygen atoms in total. The minimum atomic E-state index is 0.776. The number of halogens is 1. The van der Waals surface area contributed by atoms with Gasteiger partial charge in [0.25, 0.3) is 0 Å². The average molecular weight is 250 g/mol. The second-order valence-electron chi connectivity index (χ2n) is 4.06. The van der Waals surface area contributed by atoms with E-state index in [2.05, 4.69) is 27.9 Å². The first-order valence-corrected chi connectivity index (χ1v) is 6.09. The molecule has 0 aliphatic heterocycles. The highest BCUT2D eigenvalue weighted by atomic mass is 35.5. The maximum Gasteiger partial charge on any atom is 0.0945 e. The number of rotatable bonds is 5. The van der Waals surface area contributed by atoms with Gasteiger partial charge in [-0.15, -0.1) is 0 Å². The Morgan fingerprint density at radius 1 is 1.41 bits per heavy atom. The Kier molecular flexibility index (Phi) is 4.04. The zero-order valence-electron chi connectivity index (χ0n) is 9.86. The van der Waals surface area contributed by atoms with Crippen molar-refractivity contribution in [3.63, 3.8) is 0 Å². The molecular formula is C13H16ClN3. The summed E-state index contributed by atoms with van der Waals surface area (Å²) in [5.74, 6) is 0. The molecule has 0 bridgehead atoms. The lowest BCUT2D eigenvalue weighted by Gasteiger charge is -2.09. The van der Waals surface area contributed by atoms with Crippen LogP contribution in [0.5, 0.6) is 0 Å². The molecule has 2 rings (SSSR count). The van der Waals surface area contributed by atoms with Gasteiger partial charge in [0.2, 0.25) is 0 Å². The number of aryl methyl sites for hydroxylation is 2. The number of nitrogens with one attached hydrogen (secondary N) is 1. The van der Waals surface area contributed by atoms with Crippen LogP contribution in [0.15, 0.2) is 36.9 Å². The SMILES string of the molecule is Cc1ccc(Cl)c(NCCCn2ccnc2)c1. The summed E-state index contributed by atoms with van der Waals surface area (Å²) in [6, 6.07) is 6.01. The number of benzene rings is 1. The summed E-state index contributed by atoms with van der Waals surface area (Å²) in [7, 11) is 0. The molecule has 0 spiro atoms. The summed E-state index contributed by atoms with van der Waals surface area (Å²) in [5.41, 5.74) is 2.23. The molecule has 4 heteroatoms. The van der Waals surface area contributed by atoms with E-state index in [9.17, 15) is 0 Å². The van der Waals surface area contributed by atoms with E-state index >= 15 is 0 Å². The van der Waals surface area contributed by atoms with Crippen LogP contribution in [0.4, 0.5) is 5.69 Å². The third kappa shape index (κ3) is 3.49. The monoisotopic (exact) mass is 249 g/mol. The molecule has 0 saturated carbocycles. The number of hydrogen-bond donors (Lipinski definition) is 1. The summed E-state index contributed by atoms with van der Waals surface area (Å²) in [5, 5.41) is 4.13. The number of hydrogen-bond acceptors (Lipinski definition) is 2. The van der Waals surface area contributed by atoms with Crippen molar-refractivity contribution in [3.05, 3.63) is 47.5 Å². The number of anilines is 1. The van der Waals surface area contributed by atoms with E-state index in [0.717, 1.165) is 30.2 Å². The molecule has 0 aliphatic carbocycles. The topological polar surface area (TPSA) is 29.9 Å². The maximum atomic E-state index is 6.10. The highest BCUT2D eigenvalue weighted by Crippen LogP contribution is 2.22. The standard InChI is InChI=1S/C13H16ClN3/c1-11-3-4-12(14)13(9-11)16-5-2-7-17-8-6-15-10-17/h3-4,6,8-10,16H,2,5,7H2,1H3. The van der Waals surface area contributed by atoms with Crippen LogP contribution in [0.1, 0.15) is 12.0 Å². The number of aromatic nitrogens is 2. The molecule has 0 amide bonds. The summed E-state index contributed by atoms with van der Waals surface area (Å²) in [6.07, 6.45) is 6.64. The fourth-order valence-electron chi connectivity index (χ4n) is 1.68. The Balaban J connectivity index is 1.80. The quantitative estimate of drug-likeness (QED) is 0.824. The molecule has 1 N–H and O–H groups in total. The van der Waals surface area contributed by atoms with Crippen molar-refractivity contribution in [1.29, 1.82) is 0 Å². The Morgan fingerprint density at radius 3 is 3.06 bits per heavy atom. The van der Waals surface area contributed by atoms with Crippen molar-refractivity contribution in [1.82, 2.24) is 9.55 Å². The van der Waals surface area contributed by atoms with Crippen molar-refractivity contribution in [2.75, 3.05) is 11.9 Å². The van der Waals surface area contributed by atoms with Crippen LogP contribution in [0.2, 0.25) is 5.02 Å². The maximum absolute atomic E-state index is 6.10. The Hall–Kier alpha value is -1.48. The van der Waals surface area contributed by atoms with Crippen molar-refractivity contribution >= 4 is 17.3 Å². The van der Waals surface area contributed by atoms with Gasteiger partial charge in [-0.2, -0.15) is 0 Å². The first kappa shape index (κ1) is 12.0. The third-order valence-corrected chi connectivity index (χ3v) is 2.92. The van der Waals surface area contributed by atoms with Gasteiger partial charge in [-0.3, -0.25) is 0 Å². The summed E-state index contributed by atoms with van der Waals surface area (Å²) >= 11 is 6.10. The second kappa shape index (κ2) is 5.73. The molecule has 90 valence electrons. The minimum Gasteiger partial charge on any atom is -0.384 e. The Labute approximate surface area is 106 Å². The van der Waals surface area contributed by atoms with Gasteiger partial charge >= 0.3 is 0 Å². The van der Waals surface area contributed by atoms with Crippen LogP contribution in [-0.4, -0.2) is 16.1 Å². The first-order valence-electron chi connectivity index (χ1n) is 5.71. The van der Waals surface area contributed by atoms with Crippen molar-refractivity contribution in [3.8, 4) is 0 Å². The van der Waals surface area contributed by atoms with Crippen LogP contribution in [0.25, 0.3) is 0 Å². The van der Waals surface area contributed by atoms with Gasteiger partial charge in [-0.25, -0.2) is 4.98 Å². The van der Waals surface area contributed by atoms with Crippen molar-refractivity contribution in [2.45, 2.75) is 19.9 Å². The van der Waals surface area contributed by atoms with Gasteiger partial charge in [0, 0.05) is 25.5 Å². The number of nitrogens with zero attached hydrogens (tertiary/aromatic N) is 2. The molecule has 1 aromatic carbocycles. The van der Waals surface area contributed by atoms with Crippen LogP contribution in [0, 0.1) is 6.92 Å². The van der Waals surface area contributed by atoms with Gasteiger partial charge in [-0.1, -0.05) is 17.7 Å². The first-order chi connectivity index (χ1) is 8.25. The van der Waals surface area contributed by atoms with Gasteiger partial charge in [0.15, 0.2) is 0 Å². The zero-order valence-corrected chi connectivity index (χ0v) is 10.6. The largest absolute Gasteiger partial charge is 0.384 e. The molecule has 0 aliphatic rings. The summed E-state index contributed by atoms with van der Waals surface area (Å²) < 4.78 is 2.07. The van der Waals surface area contributed by atoms with Gasteiger partial charge in [0.1, 0.15) is 0 Å². The van der Waals surface area contributed by atoms with E-state index < -0.39 is 0 Å². The molecule has 0 unspecified atom stereocenters. The average Bonchev–Trinajstić information content (AvgIpc) is 2.82. The predicted molar refractivity (Wildman–Crippen MR) is 71.5 cm³/mol. The molecule has 2 aromatic rings. The van der Waals surface area contributed by atoms with Gasteiger partial charge in [0.05, 0.1) is 17.0 Å². The fraction of sp³-hybridized carbons (Fsp3) is 0.308. The van der Waals surface area contributed by atoms with E-state index in [0.29, 0.717) is 0 Å². The lowest BCUT2D eigenvalue weighted by molar-refractivity contribution is 0.661. The highest BCUT2D eigenvalue weighted by molar-refractivity contribution is 6.33. The molecule has 0 radical (unpaired) electrons. The molecule has 0 fully saturated rings. The fourth-order valence-corrected chi connectivity index (χ4v) is 1.86. The van der Waals surface area contributed by atoms with Crippen LogP contribution < -0.4 is 5.32 Å². The van der Waals surface area contributed by atoms with Crippen molar-refractivity contribution in [2.24, 2.45) is 0 Å². The van der Waals surface area contributed by atoms with E-state index in [1.807, 2.05) is 24.7 Å². The normalized spacial score (nSPS) is 10.5. The second-order valence-corrected chi connectivity index (χ2v) is 4.47. The van der Waals surface area contributed by atoms with E-state index in [-0.39, 0.29) is 0 Å². The molecule has 1 heterocycles. The van der Waals surface area contributed by atoms with E-state index in [4.69, 9.17) is 11.6 Å². The van der Waals surface area contributed by atoms with Crippen molar-refractivity contribution < 1.29 is 0 Å². The lowest BCUT2D eigenvalue weighted by atomic mass is 10.2. The van der Waals surface area contributed by atoms with E-state index in [1.54, 1.807) is 6.20 Å². The molecule has 1 aromatic heterocycles. The number of imidazole rings is 1. The molecular weight excluding hydrogens is 234 g/mol. The molecule has 17 heavy (non-hydrogen) atoms. The lowest BCUT2D eigenvalue weighted by Crippen LogP contribution is -2.06. The van der Waals surface area contributed by atoms with Crippen LogP contribution >= 0.6 is 11.6 Å². The third-order valence-electron chi connectivity index (χ3n) is 2.59. The Morgan fingerprint density at radius 2 is 2.29 bits per heavy atom. The predicted octanol–water partition coefficient (Wildman–Crippen LogP) is 3.35. The summed E-state index contributed by atoms with van der Waals surface area (Å²) in [6.45, 7) is 3.94. The van der Waals surface area contributed by atoms with Gasteiger partial charge in [-0.05, 0) is 31.0 Å². The zero-order chi connectivity index (χ0) is 12.1. The summed E-state index contributed by atoms with van der Waals surface area (Å²) in [4.78, 5) is 4.01. The molecule has 0 saturated heterocycles. The smallest absolute Gasteiger partial charge is 0.0945 e. The minimum absolute atomic E-state index is 0.776. The van der Waals surface area contributed by atoms with Gasteiger partial charge < -0.3 is 9.88 Å². The highest BCUT2D eigenvalue weighted by Gasteiger charge is 1.99. The molecule has 0 atom stereocenters. The van der Waals surface area contributed by atoms with Crippen LogP contribution in [0.3, 0.4) is 0 Å². The van der Waals surface area contributed by atoms with Crippen LogP contribution in [-0.2, 0) is 6.54 Å². The van der Waals surface area contributed by atoms with E-state index in [1.165, 1.54) is 5.56 Å². The Bertz CT molecular complexity index is 466.